The number of rotatable bonds is 8. The Kier molecular flexibility index (Phi) is 7.88. The maximum absolute atomic E-state index is 12.4. The summed E-state index contributed by atoms with van der Waals surface area (Å²) in [7, 11) is 3.77. The summed E-state index contributed by atoms with van der Waals surface area (Å²) in [6.07, 6.45) is 3.30. The van der Waals surface area contributed by atoms with Crippen LogP contribution in [0.2, 0.25) is 0 Å². The zero-order valence-corrected chi connectivity index (χ0v) is 18.1. The van der Waals surface area contributed by atoms with Crippen molar-refractivity contribution in [3.05, 3.63) is 59.7 Å². The third kappa shape index (κ3) is 6.34. The summed E-state index contributed by atoms with van der Waals surface area (Å²) >= 11 is 0. The summed E-state index contributed by atoms with van der Waals surface area (Å²) in [5, 5.41) is 2.95. The first-order chi connectivity index (χ1) is 14.6. The molecule has 1 aliphatic heterocycles. The lowest BCUT2D eigenvalue weighted by Crippen LogP contribution is -2.43. The molecule has 0 saturated carbocycles. The molecule has 3 rings (SSSR count). The number of methoxy groups -OCH3 is 1. The van der Waals surface area contributed by atoms with Gasteiger partial charge in [-0.3, -0.25) is 9.69 Å². The lowest BCUT2D eigenvalue weighted by molar-refractivity contribution is -0.111. The van der Waals surface area contributed by atoms with Gasteiger partial charge in [-0.25, -0.2) is 0 Å². The van der Waals surface area contributed by atoms with Gasteiger partial charge in [-0.1, -0.05) is 18.2 Å². The maximum atomic E-state index is 12.4. The lowest BCUT2D eigenvalue weighted by atomic mass is 10.1. The normalized spacial score (nSPS) is 15.3. The highest BCUT2D eigenvalue weighted by atomic mass is 16.5. The van der Waals surface area contributed by atoms with Crippen LogP contribution in [0.4, 0.5) is 5.69 Å². The zero-order chi connectivity index (χ0) is 21.3. The number of anilines is 1. The Morgan fingerprint density at radius 3 is 2.63 bits per heavy atom. The van der Waals surface area contributed by atoms with Crippen molar-refractivity contribution >= 4 is 17.7 Å². The van der Waals surface area contributed by atoms with Crippen LogP contribution in [0.1, 0.15) is 18.1 Å². The first kappa shape index (κ1) is 21.9. The number of carbonyl (C=O) groups is 1. The van der Waals surface area contributed by atoms with Crippen LogP contribution in [0.15, 0.2) is 48.5 Å². The fourth-order valence-electron chi connectivity index (χ4n) is 3.43. The van der Waals surface area contributed by atoms with Crippen LogP contribution < -0.4 is 14.8 Å². The SMILES string of the molecule is CCOc1cc(C=CC(=O)Nc2cccc(CN3CCN(C)CC3)c2)ccc1OC. The molecule has 1 saturated heterocycles. The fourth-order valence-corrected chi connectivity index (χ4v) is 3.43. The van der Waals surface area contributed by atoms with E-state index >= 15 is 0 Å². The number of benzene rings is 2. The highest BCUT2D eigenvalue weighted by Crippen LogP contribution is 2.28. The van der Waals surface area contributed by atoms with Crippen LogP contribution in [0.5, 0.6) is 11.5 Å². The molecule has 160 valence electrons. The molecule has 1 aliphatic rings. The van der Waals surface area contributed by atoms with Crippen LogP contribution in [-0.4, -0.2) is 62.7 Å². The topological polar surface area (TPSA) is 54.0 Å². The molecule has 0 atom stereocenters. The third-order valence-corrected chi connectivity index (χ3v) is 5.11. The minimum Gasteiger partial charge on any atom is -0.493 e. The molecule has 0 radical (unpaired) electrons. The van der Waals surface area contributed by atoms with Crippen LogP contribution in [0.3, 0.4) is 0 Å². The second kappa shape index (κ2) is 10.8. The van der Waals surface area contributed by atoms with Crippen molar-refractivity contribution in [3.8, 4) is 11.5 Å². The van der Waals surface area contributed by atoms with E-state index in [0.717, 1.165) is 44.0 Å². The van der Waals surface area contributed by atoms with Gasteiger partial charge >= 0.3 is 0 Å². The van der Waals surface area contributed by atoms with E-state index in [2.05, 4.69) is 28.2 Å². The van der Waals surface area contributed by atoms with E-state index in [1.807, 2.05) is 43.3 Å². The van der Waals surface area contributed by atoms with Crippen molar-refractivity contribution in [2.24, 2.45) is 0 Å². The largest absolute Gasteiger partial charge is 0.493 e. The summed E-state index contributed by atoms with van der Waals surface area (Å²) in [5.41, 5.74) is 2.89. The van der Waals surface area contributed by atoms with Crippen molar-refractivity contribution in [3.63, 3.8) is 0 Å². The van der Waals surface area contributed by atoms with Gasteiger partial charge < -0.3 is 19.7 Å². The Morgan fingerprint density at radius 2 is 1.90 bits per heavy atom. The number of nitrogens with zero attached hydrogens (tertiary/aromatic N) is 2. The minimum atomic E-state index is -0.166. The predicted molar refractivity (Wildman–Crippen MR) is 121 cm³/mol. The van der Waals surface area contributed by atoms with E-state index in [1.54, 1.807) is 13.2 Å². The lowest BCUT2D eigenvalue weighted by Gasteiger charge is -2.32. The van der Waals surface area contributed by atoms with Gasteiger partial charge in [0.2, 0.25) is 5.91 Å². The average Bonchev–Trinajstić information content (AvgIpc) is 2.75. The minimum absolute atomic E-state index is 0.166. The highest BCUT2D eigenvalue weighted by Gasteiger charge is 2.14. The van der Waals surface area contributed by atoms with E-state index in [4.69, 9.17) is 9.47 Å². The number of likely N-dealkylation sites (N-methyl/N-ethyl adjacent to an activating group) is 1. The van der Waals surface area contributed by atoms with E-state index in [0.29, 0.717) is 18.1 Å². The zero-order valence-electron chi connectivity index (χ0n) is 18.1. The van der Waals surface area contributed by atoms with Crippen molar-refractivity contribution in [2.45, 2.75) is 13.5 Å². The average molecular weight is 410 g/mol. The molecule has 0 bridgehead atoms. The molecule has 30 heavy (non-hydrogen) atoms. The third-order valence-electron chi connectivity index (χ3n) is 5.11. The van der Waals surface area contributed by atoms with Gasteiger partial charge in [0, 0.05) is 44.5 Å². The van der Waals surface area contributed by atoms with Gasteiger partial charge in [-0.05, 0) is 55.4 Å². The van der Waals surface area contributed by atoms with Crippen molar-refractivity contribution in [1.82, 2.24) is 9.80 Å². The van der Waals surface area contributed by atoms with Crippen molar-refractivity contribution < 1.29 is 14.3 Å². The molecule has 0 unspecified atom stereocenters. The smallest absolute Gasteiger partial charge is 0.248 e. The van der Waals surface area contributed by atoms with Crippen LogP contribution in [0.25, 0.3) is 6.08 Å². The molecule has 0 aliphatic carbocycles. The number of carbonyl (C=O) groups excluding carboxylic acids is 1. The van der Waals surface area contributed by atoms with Crippen molar-refractivity contribution in [2.75, 3.05) is 52.3 Å². The summed E-state index contributed by atoms with van der Waals surface area (Å²) in [5.74, 6) is 1.18. The van der Waals surface area contributed by atoms with Gasteiger partial charge in [0.05, 0.1) is 13.7 Å². The Bertz CT molecular complexity index is 874. The van der Waals surface area contributed by atoms with Crippen LogP contribution in [-0.2, 0) is 11.3 Å². The van der Waals surface area contributed by atoms with Crippen molar-refractivity contribution in [1.29, 1.82) is 0 Å². The molecule has 6 nitrogen and oxygen atoms in total. The monoisotopic (exact) mass is 409 g/mol. The second-order valence-electron chi connectivity index (χ2n) is 7.45. The molecule has 0 aromatic heterocycles. The number of ether oxygens (including phenoxy) is 2. The number of nitrogens with one attached hydrogen (secondary N) is 1. The first-order valence-electron chi connectivity index (χ1n) is 10.4. The summed E-state index contributed by atoms with van der Waals surface area (Å²) in [6.45, 7) is 7.71. The number of hydrogen-bond acceptors (Lipinski definition) is 5. The Balaban J connectivity index is 1.59. The van der Waals surface area contributed by atoms with E-state index in [1.165, 1.54) is 11.6 Å². The fraction of sp³-hybridized carbons (Fsp3) is 0.375. The first-order valence-corrected chi connectivity index (χ1v) is 10.4. The van der Waals surface area contributed by atoms with Gasteiger partial charge in [0.25, 0.3) is 0 Å². The molecule has 1 N–H and O–H groups in total. The second-order valence-corrected chi connectivity index (χ2v) is 7.45. The Labute approximate surface area is 179 Å². The molecule has 1 heterocycles. The predicted octanol–water partition coefficient (Wildman–Crippen LogP) is 3.49. The molecule has 0 spiro atoms. The van der Waals surface area contributed by atoms with Gasteiger partial charge in [-0.2, -0.15) is 0 Å². The quantitative estimate of drug-likeness (QED) is 0.677. The van der Waals surface area contributed by atoms with E-state index < -0.39 is 0 Å². The van der Waals surface area contributed by atoms with Gasteiger partial charge in [0.1, 0.15) is 0 Å². The maximum Gasteiger partial charge on any atom is 0.248 e. The molecule has 1 fully saturated rings. The van der Waals surface area contributed by atoms with E-state index in [-0.39, 0.29) is 5.91 Å². The van der Waals surface area contributed by atoms with Crippen LogP contribution in [0, 0.1) is 0 Å². The Hall–Kier alpha value is -2.83. The highest BCUT2D eigenvalue weighted by molar-refractivity contribution is 6.02. The summed E-state index contributed by atoms with van der Waals surface area (Å²) < 4.78 is 10.9. The molecular weight excluding hydrogens is 378 g/mol. The number of amides is 1. The van der Waals surface area contributed by atoms with E-state index in [9.17, 15) is 4.79 Å². The molecule has 6 heteroatoms. The van der Waals surface area contributed by atoms with Crippen LogP contribution >= 0.6 is 0 Å². The summed E-state index contributed by atoms with van der Waals surface area (Å²) in [4.78, 5) is 17.2. The molecule has 2 aromatic rings. The molecule has 2 aromatic carbocycles. The molecular formula is C24H31N3O3. The van der Waals surface area contributed by atoms with Gasteiger partial charge in [0.15, 0.2) is 11.5 Å². The number of piperazine rings is 1. The molecule has 1 amide bonds. The van der Waals surface area contributed by atoms with Gasteiger partial charge in [-0.15, -0.1) is 0 Å². The standard InChI is InChI=1S/C24H31N3O3/c1-4-30-23-17-19(8-10-22(23)29-3)9-11-24(28)25-21-7-5-6-20(16-21)18-27-14-12-26(2)13-15-27/h5-11,16-17H,4,12-15,18H2,1-3H3,(H,25,28). The Morgan fingerprint density at radius 1 is 1.10 bits per heavy atom. The number of hydrogen-bond donors (Lipinski definition) is 1. The summed E-state index contributed by atoms with van der Waals surface area (Å²) in [6, 6.07) is 13.7.